The van der Waals surface area contributed by atoms with Gasteiger partial charge >= 0.3 is 0 Å². The summed E-state index contributed by atoms with van der Waals surface area (Å²) in [7, 11) is 3.55. The van der Waals surface area contributed by atoms with Crippen molar-refractivity contribution in [3.05, 3.63) is 39.2 Å². The van der Waals surface area contributed by atoms with Gasteiger partial charge in [0.2, 0.25) is 5.95 Å². The summed E-state index contributed by atoms with van der Waals surface area (Å²) in [5, 5.41) is 11.9. The molecule has 0 bridgehead atoms. The number of hydrogen-bond donors (Lipinski definition) is 4. The van der Waals surface area contributed by atoms with Crippen LogP contribution in [-0.2, 0) is 0 Å². The van der Waals surface area contributed by atoms with Crippen molar-refractivity contribution in [3.8, 4) is 5.75 Å². The number of piperidine rings is 1. The van der Waals surface area contributed by atoms with Crippen molar-refractivity contribution in [2.75, 3.05) is 42.9 Å². The Hall–Kier alpha value is -2.11. The molecule has 1 aromatic heterocycles. The quantitative estimate of drug-likeness (QED) is 0.474. The standard InChI is InChI=1S/C19H24IN7O/c1-11-17(20)18(21-2)25-19(23-11)24-13-4-5-16(28-3)15(8-13)27-10-12-9-22-7-6-14(12)26-27/h4-5,8,10,14,22,26H,6-7,9H2,1-3H3,(H2,21,23,24,25). The molecular formula is C19H24IN7O. The highest BCUT2D eigenvalue weighted by Crippen LogP contribution is 2.34. The molecule has 8 nitrogen and oxygen atoms in total. The number of hydrogen-bond acceptors (Lipinski definition) is 8. The number of nitrogens with one attached hydrogen (secondary N) is 4. The number of methoxy groups -OCH3 is 1. The van der Waals surface area contributed by atoms with Gasteiger partial charge in [0, 0.05) is 25.5 Å². The Morgan fingerprint density at radius 3 is 2.93 bits per heavy atom. The van der Waals surface area contributed by atoms with Crippen molar-refractivity contribution in [2.24, 2.45) is 0 Å². The fourth-order valence-corrected chi connectivity index (χ4v) is 3.96. The van der Waals surface area contributed by atoms with Gasteiger partial charge in [0.15, 0.2) is 0 Å². The number of rotatable bonds is 5. The minimum atomic E-state index is 0.378. The fourth-order valence-electron chi connectivity index (χ4n) is 3.45. The topological polar surface area (TPSA) is 86.4 Å². The van der Waals surface area contributed by atoms with Gasteiger partial charge < -0.3 is 20.7 Å². The highest BCUT2D eigenvalue weighted by molar-refractivity contribution is 14.1. The predicted molar refractivity (Wildman–Crippen MR) is 120 cm³/mol. The maximum atomic E-state index is 5.59. The normalized spacial score (nSPS) is 18.5. The summed E-state index contributed by atoms with van der Waals surface area (Å²) in [6, 6.07) is 6.35. The SMILES string of the molecule is CNc1nc(Nc2ccc(OC)c(N3C=C4CNCCC4N3)c2)nc(C)c1I. The summed E-state index contributed by atoms with van der Waals surface area (Å²) < 4.78 is 6.61. The molecule has 1 saturated heterocycles. The van der Waals surface area contributed by atoms with Crippen LogP contribution in [0.15, 0.2) is 30.0 Å². The summed E-state index contributed by atoms with van der Waals surface area (Å²) >= 11 is 2.25. The molecule has 0 spiro atoms. The molecule has 2 aliphatic rings. The highest BCUT2D eigenvalue weighted by atomic mass is 127. The van der Waals surface area contributed by atoms with E-state index in [0.717, 1.165) is 51.7 Å². The minimum Gasteiger partial charge on any atom is -0.495 e. The Balaban J connectivity index is 1.63. The zero-order chi connectivity index (χ0) is 19.7. The molecule has 1 unspecified atom stereocenters. The van der Waals surface area contributed by atoms with E-state index in [2.05, 4.69) is 65.1 Å². The number of nitrogens with zero attached hydrogens (tertiary/aromatic N) is 3. The summed E-state index contributed by atoms with van der Waals surface area (Å²) in [5.41, 5.74) is 7.70. The number of aromatic nitrogens is 2. The second-order valence-corrected chi connectivity index (χ2v) is 7.86. The first-order chi connectivity index (χ1) is 13.6. The van der Waals surface area contributed by atoms with Crippen LogP contribution in [0.4, 0.5) is 23.1 Å². The van der Waals surface area contributed by atoms with E-state index in [4.69, 9.17) is 4.74 Å². The number of fused-ring (bicyclic) bond motifs is 1. The molecule has 0 radical (unpaired) electrons. The van der Waals surface area contributed by atoms with E-state index in [9.17, 15) is 0 Å². The molecule has 0 aliphatic carbocycles. The molecule has 1 fully saturated rings. The Labute approximate surface area is 178 Å². The number of halogens is 1. The third kappa shape index (κ3) is 3.74. The monoisotopic (exact) mass is 493 g/mol. The molecule has 3 heterocycles. The second-order valence-electron chi connectivity index (χ2n) is 6.78. The highest BCUT2D eigenvalue weighted by Gasteiger charge is 2.28. The van der Waals surface area contributed by atoms with Crippen molar-refractivity contribution in [3.63, 3.8) is 0 Å². The van der Waals surface area contributed by atoms with Gasteiger partial charge in [0.25, 0.3) is 0 Å². The van der Waals surface area contributed by atoms with Gasteiger partial charge in [-0.2, -0.15) is 4.98 Å². The predicted octanol–water partition coefficient (Wildman–Crippen LogP) is 2.75. The van der Waals surface area contributed by atoms with E-state index in [0.29, 0.717) is 12.0 Å². The van der Waals surface area contributed by atoms with E-state index in [1.807, 2.05) is 32.2 Å². The third-order valence-corrected chi connectivity index (χ3v) is 6.22. The molecule has 28 heavy (non-hydrogen) atoms. The second kappa shape index (κ2) is 8.10. The number of aryl methyl sites for hydroxylation is 1. The van der Waals surface area contributed by atoms with Crippen LogP contribution >= 0.6 is 22.6 Å². The molecule has 0 saturated carbocycles. The lowest BCUT2D eigenvalue weighted by molar-refractivity contribution is 0.413. The molecule has 1 atom stereocenters. The van der Waals surface area contributed by atoms with Gasteiger partial charge in [-0.3, -0.25) is 5.01 Å². The molecule has 2 aromatic rings. The zero-order valence-electron chi connectivity index (χ0n) is 16.1. The minimum absolute atomic E-state index is 0.378. The smallest absolute Gasteiger partial charge is 0.229 e. The lowest BCUT2D eigenvalue weighted by Gasteiger charge is -2.24. The van der Waals surface area contributed by atoms with Crippen LogP contribution in [0.25, 0.3) is 0 Å². The van der Waals surface area contributed by atoms with Crippen LogP contribution in [0.1, 0.15) is 12.1 Å². The maximum absolute atomic E-state index is 5.59. The summed E-state index contributed by atoms with van der Waals surface area (Å²) in [4.78, 5) is 9.11. The Morgan fingerprint density at radius 2 is 2.18 bits per heavy atom. The maximum Gasteiger partial charge on any atom is 0.229 e. The average Bonchev–Trinajstić information content (AvgIpc) is 3.14. The average molecular weight is 493 g/mol. The zero-order valence-corrected chi connectivity index (χ0v) is 18.3. The summed E-state index contributed by atoms with van der Waals surface area (Å²) in [6.07, 6.45) is 3.23. The molecule has 4 N–H and O–H groups in total. The number of ether oxygens (including phenoxy) is 1. The van der Waals surface area contributed by atoms with Crippen LogP contribution in [-0.4, -0.2) is 43.3 Å². The lowest BCUT2D eigenvalue weighted by atomic mass is 10.0. The van der Waals surface area contributed by atoms with Crippen molar-refractivity contribution < 1.29 is 4.74 Å². The van der Waals surface area contributed by atoms with E-state index >= 15 is 0 Å². The Bertz CT molecular complexity index is 917. The van der Waals surface area contributed by atoms with Crippen molar-refractivity contribution >= 4 is 45.7 Å². The first-order valence-corrected chi connectivity index (χ1v) is 10.3. The summed E-state index contributed by atoms with van der Waals surface area (Å²) in [5.74, 6) is 2.17. The van der Waals surface area contributed by atoms with Crippen molar-refractivity contribution in [1.82, 2.24) is 20.7 Å². The van der Waals surface area contributed by atoms with Crippen LogP contribution in [0.5, 0.6) is 5.75 Å². The molecule has 0 amide bonds. The van der Waals surface area contributed by atoms with Crippen molar-refractivity contribution in [2.45, 2.75) is 19.4 Å². The van der Waals surface area contributed by atoms with Gasteiger partial charge in [-0.25, -0.2) is 10.4 Å². The molecule has 148 valence electrons. The van der Waals surface area contributed by atoms with Gasteiger partial charge in [0.05, 0.1) is 22.4 Å². The number of anilines is 4. The molecule has 4 rings (SSSR count). The first-order valence-electron chi connectivity index (χ1n) is 9.22. The lowest BCUT2D eigenvalue weighted by Crippen LogP contribution is -2.42. The summed E-state index contributed by atoms with van der Waals surface area (Å²) in [6.45, 7) is 3.92. The Morgan fingerprint density at radius 1 is 1.32 bits per heavy atom. The van der Waals surface area contributed by atoms with Gasteiger partial charge in [-0.05, 0) is 66.3 Å². The van der Waals surface area contributed by atoms with Crippen LogP contribution in [0.3, 0.4) is 0 Å². The Kier molecular flexibility index (Phi) is 5.56. The molecule has 1 aromatic carbocycles. The van der Waals surface area contributed by atoms with Gasteiger partial charge in [0.1, 0.15) is 17.3 Å². The first kappa shape index (κ1) is 19.2. The fraction of sp³-hybridized carbons (Fsp3) is 0.368. The third-order valence-electron chi connectivity index (χ3n) is 4.92. The molecular weight excluding hydrogens is 469 g/mol. The van der Waals surface area contributed by atoms with Crippen LogP contribution in [0.2, 0.25) is 0 Å². The molecule has 2 aliphatic heterocycles. The van der Waals surface area contributed by atoms with Gasteiger partial charge in [-0.1, -0.05) is 0 Å². The van der Waals surface area contributed by atoms with Crippen LogP contribution in [0, 0.1) is 10.5 Å². The van der Waals surface area contributed by atoms with Crippen LogP contribution < -0.4 is 31.1 Å². The number of benzene rings is 1. The molecule has 9 heteroatoms. The number of hydrazine groups is 1. The van der Waals surface area contributed by atoms with E-state index in [-0.39, 0.29) is 0 Å². The van der Waals surface area contributed by atoms with E-state index < -0.39 is 0 Å². The van der Waals surface area contributed by atoms with Crippen molar-refractivity contribution in [1.29, 1.82) is 0 Å². The van der Waals surface area contributed by atoms with Gasteiger partial charge in [-0.15, -0.1) is 0 Å². The van der Waals surface area contributed by atoms with E-state index in [1.54, 1.807) is 7.11 Å². The largest absolute Gasteiger partial charge is 0.495 e. The van der Waals surface area contributed by atoms with E-state index in [1.165, 1.54) is 5.57 Å².